The number of urea groups is 1. The van der Waals surface area contributed by atoms with Crippen LogP contribution in [0, 0.1) is 0 Å². The number of aromatic nitrogens is 2. The third-order valence-electron chi connectivity index (χ3n) is 3.57. The molecule has 2 aromatic rings. The quantitative estimate of drug-likeness (QED) is 0.438. The van der Waals surface area contributed by atoms with Gasteiger partial charge in [-0.3, -0.25) is 19.5 Å². The Balaban J connectivity index is 2.29. The molecule has 1 unspecified atom stereocenters. The van der Waals surface area contributed by atoms with Gasteiger partial charge in [0, 0.05) is 17.1 Å². The lowest BCUT2D eigenvalue weighted by Gasteiger charge is -2.21. The molecule has 1 aromatic carbocycles. The van der Waals surface area contributed by atoms with Gasteiger partial charge in [0.15, 0.2) is 5.16 Å². The standard InChI is InChI=1S/C19H23ClN4O3S/c1-6-9-24-16(26)13-8-7-12(20)10-14(13)21-18(24)28-11(2)15(25)22-17(27)23-19(3,4)5/h6-8,10-11H,1,9H2,2-5H3,(H2,22,23,25,27). The van der Waals surface area contributed by atoms with Gasteiger partial charge in [0.2, 0.25) is 5.91 Å². The first-order valence-electron chi connectivity index (χ1n) is 8.62. The Morgan fingerprint density at radius 1 is 1.39 bits per heavy atom. The molecule has 1 atom stereocenters. The molecule has 2 N–H and O–H groups in total. The number of fused-ring (bicyclic) bond motifs is 1. The van der Waals surface area contributed by atoms with Gasteiger partial charge in [-0.05, 0) is 45.9 Å². The number of imide groups is 1. The number of nitrogens with one attached hydrogen (secondary N) is 2. The molecule has 0 fully saturated rings. The Bertz CT molecular complexity index is 982. The Morgan fingerprint density at radius 2 is 2.07 bits per heavy atom. The number of nitrogens with zero attached hydrogens (tertiary/aromatic N) is 2. The van der Waals surface area contributed by atoms with Crippen molar-refractivity contribution in [3.63, 3.8) is 0 Å². The number of halogens is 1. The van der Waals surface area contributed by atoms with Crippen molar-refractivity contribution in [1.82, 2.24) is 20.2 Å². The number of thioether (sulfide) groups is 1. The second-order valence-electron chi connectivity index (χ2n) is 7.21. The summed E-state index contributed by atoms with van der Waals surface area (Å²) in [6, 6.07) is 4.27. The van der Waals surface area contributed by atoms with Crippen molar-refractivity contribution in [2.24, 2.45) is 0 Å². The molecule has 2 rings (SSSR count). The Hall–Kier alpha value is -2.32. The van der Waals surface area contributed by atoms with Crippen LogP contribution in [0.1, 0.15) is 27.7 Å². The maximum Gasteiger partial charge on any atom is 0.321 e. The number of amides is 3. The van der Waals surface area contributed by atoms with Gasteiger partial charge >= 0.3 is 6.03 Å². The van der Waals surface area contributed by atoms with Crippen LogP contribution >= 0.6 is 23.4 Å². The molecule has 0 aliphatic rings. The van der Waals surface area contributed by atoms with Crippen molar-refractivity contribution in [3.05, 3.63) is 46.2 Å². The van der Waals surface area contributed by atoms with Gasteiger partial charge in [0.1, 0.15) is 0 Å². The van der Waals surface area contributed by atoms with Gasteiger partial charge in [-0.2, -0.15) is 0 Å². The fraction of sp³-hybridized carbons (Fsp3) is 0.368. The molecule has 28 heavy (non-hydrogen) atoms. The zero-order valence-corrected chi connectivity index (χ0v) is 17.8. The molecule has 0 aliphatic carbocycles. The van der Waals surface area contributed by atoms with E-state index < -0.39 is 22.7 Å². The number of hydrogen-bond donors (Lipinski definition) is 2. The lowest BCUT2D eigenvalue weighted by atomic mass is 10.1. The first kappa shape index (κ1) is 22.0. The zero-order chi connectivity index (χ0) is 21.1. The predicted octanol–water partition coefficient (Wildman–Crippen LogP) is 3.34. The lowest BCUT2D eigenvalue weighted by molar-refractivity contribution is -0.119. The molecule has 0 radical (unpaired) electrons. The molecule has 9 heteroatoms. The summed E-state index contributed by atoms with van der Waals surface area (Å²) < 4.78 is 1.44. The summed E-state index contributed by atoms with van der Waals surface area (Å²) in [4.78, 5) is 41.6. The summed E-state index contributed by atoms with van der Waals surface area (Å²) in [5, 5.41) is 5.54. The SMILES string of the molecule is C=CCn1c(SC(C)C(=O)NC(=O)NC(C)(C)C)nc2cc(Cl)ccc2c1=O. The highest BCUT2D eigenvalue weighted by atomic mass is 35.5. The zero-order valence-electron chi connectivity index (χ0n) is 16.2. The molecule has 7 nitrogen and oxygen atoms in total. The van der Waals surface area contributed by atoms with Crippen molar-refractivity contribution in [2.75, 3.05) is 0 Å². The minimum atomic E-state index is -0.662. The van der Waals surface area contributed by atoms with Gasteiger partial charge in [-0.1, -0.05) is 29.4 Å². The minimum absolute atomic E-state index is 0.242. The van der Waals surface area contributed by atoms with Crippen LogP contribution < -0.4 is 16.2 Å². The molecule has 1 heterocycles. The van der Waals surface area contributed by atoms with E-state index in [1.54, 1.807) is 31.2 Å². The monoisotopic (exact) mass is 422 g/mol. The maximum absolute atomic E-state index is 12.8. The van der Waals surface area contributed by atoms with Crippen LogP contribution in [0.3, 0.4) is 0 Å². The van der Waals surface area contributed by atoms with E-state index in [-0.39, 0.29) is 12.1 Å². The molecule has 0 bridgehead atoms. The first-order valence-corrected chi connectivity index (χ1v) is 9.88. The first-order chi connectivity index (χ1) is 13.0. The van der Waals surface area contributed by atoms with E-state index in [1.165, 1.54) is 4.57 Å². The second-order valence-corrected chi connectivity index (χ2v) is 8.96. The summed E-state index contributed by atoms with van der Waals surface area (Å²) in [5.74, 6) is -0.489. The van der Waals surface area contributed by atoms with Crippen molar-refractivity contribution in [1.29, 1.82) is 0 Å². The number of carbonyl (C=O) groups excluding carboxylic acids is 2. The van der Waals surface area contributed by atoms with E-state index >= 15 is 0 Å². The minimum Gasteiger partial charge on any atom is -0.333 e. The molecular formula is C19H23ClN4O3S. The number of benzene rings is 1. The highest BCUT2D eigenvalue weighted by molar-refractivity contribution is 8.00. The number of rotatable bonds is 5. The number of allylic oxidation sites excluding steroid dienone is 1. The van der Waals surface area contributed by atoms with Crippen LogP contribution in [-0.2, 0) is 11.3 Å². The normalized spacial score (nSPS) is 12.5. The summed E-state index contributed by atoms with van der Waals surface area (Å²) in [6.45, 7) is 11.0. The fourth-order valence-electron chi connectivity index (χ4n) is 2.35. The highest BCUT2D eigenvalue weighted by Gasteiger charge is 2.22. The average Bonchev–Trinajstić information content (AvgIpc) is 2.56. The van der Waals surface area contributed by atoms with E-state index in [1.807, 2.05) is 20.8 Å². The Kier molecular flexibility index (Phi) is 6.90. The predicted molar refractivity (Wildman–Crippen MR) is 113 cm³/mol. The molecule has 0 saturated carbocycles. The summed E-state index contributed by atoms with van der Waals surface area (Å²) in [5.41, 5.74) is -0.273. The van der Waals surface area contributed by atoms with E-state index in [2.05, 4.69) is 22.2 Å². The van der Waals surface area contributed by atoms with Crippen LogP contribution in [0.4, 0.5) is 4.79 Å². The Labute approximate surface area is 172 Å². The van der Waals surface area contributed by atoms with Crippen LogP contribution in [0.5, 0.6) is 0 Å². The summed E-state index contributed by atoms with van der Waals surface area (Å²) >= 11 is 7.09. The lowest BCUT2D eigenvalue weighted by Crippen LogP contribution is -2.49. The fourth-order valence-corrected chi connectivity index (χ4v) is 3.44. The highest BCUT2D eigenvalue weighted by Crippen LogP contribution is 2.24. The van der Waals surface area contributed by atoms with E-state index in [0.717, 1.165) is 11.8 Å². The van der Waals surface area contributed by atoms with Crippen molar-refractivity contribution in [2.45, 2.75) is 50.2 Å². The maximum atomic E-state index is 12.8. The van der Waals surface area contributed by atoms with E-state index in [4.69, 9.17) is 11.6 Å². The Morgan fingerprint density at radius 3 is 2.68 bits per heavy atom. The van der Waals surface area contributed by atoms with Gasteiger partial charge < -0.3 is 5.32 Å². The molecule has 0 aliphatic heterocycles. The van der Waals surface area contributed by atoms with Crippen LogP contribution in [0.2, 0.25) is 5.02 Å². The van der Waals surface area contributed by atoms with Crippen LogP contribution in [-0.4, -0.2) is 32.3 Å². The number of carbonyl (C=O) groups is 2. The van der Waals surface area contributed by atoms with Gasteiger partial charge in [0.25, 0.3) is 5.56 Å². The van der Waals surface area contributed by atoms with Crippen molar-refractivity contribution in [3.8, 4) is 0 Å². The molecule has 0 spiro atoms. The smallest absolute Gasteiger partial charge is 0.321 e. The third kappa shape index (κ3) is 5.59. The second kappa shape index (κ2) is 8.79. The van der Waals surface area contributed by atoms with Crippen LogP contribution in [0.15, 0.2) is 40.8 Å². The largest absolute Gasteiger partial charge is 0.333 e. The van der Waals surface area contributed by atoms with E-state index in [9.17, 15) is 14.4 Å². The van der Waals surface area contributed by atoms with Crippen LogP contribution in [0.25, 0.3) is 10.9 Å². The molecule has 150 valence electrons. The van der Waals surface area contributed by atoms with Gasteiger partial charge in [0.05, 0.1) is 16.2 Å². The van der Waals surface area contributed by atoms with Gasteiger partial charge in [-0.15, -0.1) is 6.58 Å². The average molecular weight is 423 g/mol. The van der Waals surface area contributed by atoms with E-state index in [0.29, 0.717) is 21.1 Å². The number of hydrogen-bond acceptors (Lipinski definition) is 5. The molecule has 1 aromatic heterocycles. The van der Waals surface area contributed by atoms with Crippen molar-refractivity contribution < 1.29 is 9.59 Å². The topological polar surface area (TPSA) is 93.1 Å². The third-order valence-corrected chi connectivity index (χ3v) is 4.90. The summed E-state index contributed by atoms with van der Waals surface area (Å²) in [6.07, 6.45) is 1.58. The summed E-state index contributed by atoms with van der Waals surface area (Å²) in [7, 11) is 0. The molecule has 0 saturated heterocycles. The molecular weight excluding hydrogens is 400 g/mol. The van der Waals surface area contributed by atoms with Gasteiger partial charge in [-0.25, -0.2) is 9.78 Å². The molecule has 3 amide bonds. The van der Waals surface area contributed by atoms with Crippen molar-refractivity contribution >= 4 is 46.2 Å².